The summed E-state index contributed by atoms with van der Waals surface area (Å²) in [5.41, 5.74) is 0. The molecule has 0 amide bonds. The summed E-state index contributed by atoms with van der Waals surface area (Å²) in [6, 6.07) is 0. The molecule has 0 saturated carbocycles. The molecule has 6 N–H and O–H groups in total. The quantitative estimate of drug-likeness (QED) is 0.0254. The zero-order valence-electron chi connectivity index (χ0n) is 35.0. The molecule has 0 bridgehead atoms. The number of carbonyl (C=O) groups is 2. The first kappa shape index (κ1) is 51.2. The van der Waals surface area contributed by atoms with E-state index in [0.29, 0.717) is 12.8 Å². The van der Waals surface area contributed by atoms with E-state index < -0.39 is 86.6 Å². The molecule has 2 rings (SSSR count). The van der Waals surface area contributed by atoms with Gasteiger partial charge >= 0.3 is 11.9 Å². The monoisotopic (exact) mass is 815 g/mol. The van der Waals surface area contributed by atoms with Gasteiger partial charge in [-0.3, -0.25) is 9.59 Å². The fraction of sp³-hybridized carbons (Fsp3) is 0.864. The van der Waals surface area contributed by atoms with Crippen molar-refractivity contribution in [3.8, 4) is 0 Å². The highest BCUT2D eigenvalue weighted by Crippen LogP contribution is 2.29. The zero-order chi connectivity index (χ0) is 41.7. The van der Waals surface area contributed by atoms with Gasteiger partial charge in [-0.25, -0.2) is 0 Å². The molecular weight excluding hydrogens is 736 g/mol. The number of ether oxygens (including phenoxy) is 5. The highest BCUT2D eigenvalue weighted by atomic mass is 16.8. The Morgan fingerprint density at radius 2 is 0.754 bits per heavy atom. The Kier molecular flexibility index (Phi) is 28.7. The fourth-order valence-electron chi connectivity index (χ4n) is 6.93. The normalized spacial score (nSPS) is 28.0. The largest absolute Gasteiger partial charge is 0.463 e. The summed E-state index contributed by atoms with van der Waals surface area (Å²) >= 11 is 0. The van der Waals surface area contributed by atoms with E-state index in [1.165, 1.54) is 64.2 Å². The summed E-state index contributed by atoms with van der Waals surface area (Å²) in [4.78, 5) is 24.8. The van der Waals surface area contributed by atoms with Gasteiger partial charge in [0.05, 0.1) is 0 Å². The Morgan fingerprint density at radius 1 is 0.439 bits per heavy atom. The lowest BCUT2D eigenvalue weighted by atomic mass is 9.98. The van der Waals surface area contributed by atoms with Crippen LogP contribution < -0.4 is 0 Å². The third kappa shape index (κ3) is 21.8. The first-order chi connectivity index (χ1) is 27.6. The van der Waals surface area contributed by atoms with Crippen molar-refractivity contribution in [1.29, 1.82) is 0 Å². The molecule has 0 radical (unpaired) electrons. The summed E-state index contributed by atoms with van der Waals surface area (Å²) in [7, 11) is 0. The Balaban J connectivity index is 1.68. The molecule has 2 aliphatic rings. The highest BCUT2D eigenvalue weighted by Gasteiger charge is 2.50. The number of unbranched alkanes of at least 4 members (excludes halogenated alkanes) is 18. The maximum atomic E-state index is 12.4. The van der Waals surface area contributed by atoms with Crippen molar-refractivity contribution in [3.05, 3.63) is 24.3 Å². The second kappa shape index (κ2) is 31.9. The Morgan fingerprint density at radius 3 is 1.09 bits per heavy atom. The number of rotatable bonds is 32. The lowest BCUT2D eigenvalue weighted by Crippen LogP contribution is -2.64. The fourth-order valence-corrected chi connectivity index (χ4v) is 6.93. The van der Waals surface area contributed by atoms with Crippen molar-refractivity contribution in [2.75, 3.05) is 13.2 Å². The van der Waals surface area contributed by atoms with E-state index in [4.69, 9.17) is 23.7 Å². The van der Waals surface area contributed by atoms with Crippen LogP contribution in [-0.2, 0) is 33.3 Å². The van der Waals surface area contributed by atoms with Crippen LogP contribution in [0.4, 0.5) is 0 Å². The van der Waals surface area contributed by atoms with Crippen LogP contribution in [0, 0.1) is 0 Å². The Hall–Kier alpha value is -1.94. The molecule has 0 aliphatic carbocycles. The number of hydrogen-bond donors (Lipinski definition) is 6. The molecule has 10 atom stereocenters. The van der Waals surface area contributed by atoms with Crippen molar-refractivity contribution in [2.45, 2.75) is 229 Å². The summed E-state index contributed by atoms with van der Waals surface area (Å²) in [5, 5.41) is 63.2. The molecule has 0 unspecified atom stereocenters. The van der Waals surface area contributed by atoms with Gasteiger partial charge in [0, 0.05) is 12.8 Å². The number of hydrogen-bond acceptors (Lipinski definition) is 13. The van der Waals surface area contributed by atoms with Gasteiger partial charge in [0.1, 0.15) is 62.0 Å². The molecule has 0 aromatic carbocycles. The van der Waals surface area contributed by atoms with E-state index in [1.807, 2.05) is 0 Å². The standard InChI is InChI=1S/C44H78O13/c1-3-5-7-9-11-13-15-17-19-21-23-25-27-29-35(45)53-31-33-37(47)39(49)41(51)43(55-33)57-44-42(52)40(50)38(48)34(56-44)32-54-36(46)30-28-26-24-22-20-18-16-14-12-10-8-6-4-2/h15-18,33-34,37-44,47-52H,3-14,19-32H2,1-2H3/b17-15-,18-16-/t33-,34-,37-,38-,39+,40+,41-,42-,43-,44-/m1/s1. The van der Waals surface area contributed by atoms with E-state index >= 15 is 0 Å². The van der Waals surface area contributed by atoms with Gasteiger partial charge in [0.2, 0.25) is 0 Å². The number of aliphatic hydroxyl groups excluding tert-OH is 6. The van der Waals surface area contributed by atoms with Crippen molar-refractivity contribution in [3.63, 3.8) is 0 Å². The van der Waals surface area contributed by atoms with Crippen LogP contribution in [0.2, 0.25) is 0 Å². The molecule has 2 fully saturated rings. The van der Waals surface area contributed by atoms with Gasteiger partial charge in [-0.2, -0.15) is 0 Å². The van der Waals surface area contributed by atoms with Crippen molar-refractivity contribution >= 4 is 11.9 Å². The van der Waals surface area contributed by atoms with E-state index in [0.717, 1.165) is 64.2 Å². The van der Waals surface area contributed by atoms with E-state index in [2.05, 4.69) is 38.2 Å². The zero-order valence-corrected chi connectivity index (χ0v) is 35.0. The predicted molar refractivity (Wildman–Crippen MR) is 217 cm³/mol. The van der Waals surface area contributed by atoms with E-state index in [-0.39, 0.29) is 12.8 Å². The molecule has 0 spiro atoms. The topological polar surface area (TPSA) is 202 Å². The molecule has 2 aliphatic heterocycles. The Bertz CT molecular complexity index is 1000. The predicted octanol–water partition coefficient (Wildman–Crippen LogP) is 6.22. The minimum atomic E-state index is -1.81. The van der Waals surface area contributed by atoms with Gasteiger partial charge in [-0.1, -0.05) is 115 Å². The summed E-state index contributed by atoms with van der Waals surface area (Å²) in [6.45, 7) is 3.57. The average Bonchev–Trinajstić information content (AvgIpc) is 3.20. The highest BCUT2D eigenvalue weighted by molar-refractivity contribution is 5.69. The van der Waals surface area contributed by atoms with E-state index in [1.54, 1.807) is 0 Å². The van der Waals surface area contributed by atoms with Crippen LogP contribution in [0.5, 0.6) is 0 Å². The van der Waals surface area contributed by atoms with Crippen LogP contribution in [0.1, 0.15) is 168 Å². The Labute approximate surface area is 342 Å². The van der Waals surface area contributed by atoms with Gasteiger partial charge < -0.3 is 54.3 Å². The van der Waals surface area contributed by atoms with Crippen LogP contribution in [0.15, 0.2) is 24.3 Å². The minimum absolute atomic E-state index is 0.174. The van der Waals surface area contributed by atoms with Gasteiger partial charge in [-0.15, -0.1) is 0 Å². The molecule has 0 aromatic heterocycles. The lowest BCUT2D eigenvalue weighted by Gasteiger charge is -2.44. The summed E-state index contributed by atoms with van der Waals surface area (Å²) in [6.07, 6.45) is 17.1. The van der Waals surface area contributed by atoms with Crippen LogP contribution in [0.3, 0.4) is 0 Å². The van der Waals surface area contributed by atoms with E-state index in [9.17, 15) is 40.2 Å². The molecule has 0 aromatic rings. The van der Waals surface area contributed by atoms with Crippen LogP contribution in [-0.4, -0.2) is 117 Å². The first-order valence-corrected chi connectivity index (χ1v) is 22.3. The minimum Gasteiger partial charge on any atom is -0.463 e. The SMILES string of the molecule is CCCCCCC/C=C\CCCCCCC(=O)OC[C@H]1O[C@H](O[C@H]2O[C@H](COC(=O)CCCCCC/C=C\CCCCCCC)[C@@H](O)[C@H](O)[C@H]2O)[C@H](O)[C@@H](O)[C@@H]1O. The van der Waals surface area contributed by atoms with Crippen LogP contribution >= 0.6 is 0 Å². The molecule has 13 heteroatoms. The smallest absolute Gasteiger partial charge is 0.305 e. The molecule has 2 heterocycles. The van der Waals surface area contributed by atoms with Crippen LogP contribution in [0.25, 0.3) is 0 Å². The average molecular weight is 815 g/mol. The second-order valence-electron chi connectivity index (χ2n) is 15.8. The van der Waals surface area contributed by atoms with Crippen molar-refractivity contribution in [2.24, 2.45) is 0 Å². The summed E-state index contributed by atoms with van der Waals surface area (Å²) in [5.74, 6) is -1.00. The number of aliphatic hydroxyl groups is 6. The maximum absolute atomic E-state index is 12.4. The second-order valence-corrected chi connectivity index (χ2v) is 15.8. The molecule has 332 valence electrons. The molecular formula is C44H78O13. The van der Waals surface area contributed by atoms with Gasteiger partial charge in [0.15, 0.2) is 12.6 Å². The summed E-state index contributed by atoms with van der Waals surface area (Å²) < 4.78 is 27.4. The van der Waals surface area contributed by atoms with Gasteiger partial charge in [-0.05, 0) is 64.2 Å². The molecule has 57 heavy (non-hydrogen) atoms. The number of allylic oxidation sites excluding steroid dienone is 4. The molecule has 2 saturated heterocycles. The third-order valence-electron chi connectivity index (χ3n) is 10.7. The van der Waals surface area contributed by atoms with Gasteiger partial charge in [0.25, 0.3) is 0 Å². The van der Waals surface area contributed by atoms with Crippen molar-refractivity contribution < 1.29 is 63.9 Å². The third-order valence-corrected chi connectivity index (χ3v) is 10.7. The molecule has 13 nitrogen and oxygen atoms in total. The first-order valence-electron chi connectivity index (χ1n) is 22.3. The van der Waals surface area contributed by atoms with Crippen molar-refractivity contribution in [1.82, 2.24) is 0 Å². The maximum Gasteiger partial charge on any atom is 0.305 e. The lowest BCUT2D eigenvalue weighted by molar-refractivity contribution is -0.376. The number of carbonyl (C=O) groups excluding carboxylic acids is 2. The number of esters is 2.